The lowest BCUT2D eigenvalue weighted by atomic mass is 9.93. The summed E-state index contributed by atoms with van der Waals surface area (Å²) in [6.45, 7) is 1.48. The van der Waals surface area contributed by atoms with Crippen molar-refractivity contribution in [2.75, 3.05) is 26.2 Å². The van der Waals surface area contributed by atoms with Crippen molar-refractivity contribution in [1.29, 1.82) is 0 Å². The van der Waals surface area contributed by atoms with Crippen molar-refractivity contribution < 1.29 is 18.4 Å². The summed E-state index contributed by atoms with van der Waals surface area (Å²) in [4.78, 5) is 49.2. The van der Waals surface area contributed by atoms with Gasteiger partial charge in [-0.25, -0.2) is 28.1 Å². The molecule has 2 aromatic heterocycles. The third-order valence-electron chi connectivity index (χ3n) is 8.29. The summed E-state index contributed by atoms with van der Waals surface area (Å²) >= 11 is 0. The lowest BCUT2D eigenvalue weighted by Crippen LogP contribution is -2.52. The summed E-state index contributed by atoms with van der Waals surface area (Å²) in [7, 11) is 0. The summed E-state index contributed by atoms with van der Waals surface area (Å²) in [5.74, 6) is -2.18. The van der Waals surface area contributed by atoms with Crippen LogP contribution in [0, 0.1) is 11.6 Å². The van der Waals surface area contributed by atoms with E-state index in [0.717, 1.165) is 24.4 Å². The fourth-order valence-corrected chi connectivity index (χ4v) is 5.97. The van der Waals surface area contributed by atoms with E-state index in [0.29, 0.717) is 44.4 Å². The number of nitrogens with zero attached hydrogens (tertiary/aromatic N) is 4. The van der Waals surface area contributed by atoms with Gasteiger partial charge in [0, 0.05) is 56.4 Å². The summed E-state index contributed by atoms with van der Waals surface area (Å²) < 4.78 is 30.4. The molecule has 1 aromatic carbocycles. The van der Waals surface area contributed by atoms with Crippen molar-refractivity contribution in [3.8, 4) is 0 Å². The van der Waals surface area contributed by atoms with Crippen LogP contribution in [0.5, 0.6) is 0 Å². The highest BCUT2D eigenvalue weighted by Crippen LogP contribution is 2.31. The molecule has 1 aliphatic carbocycles. The van der Waals surface area contributed by atoms with Gasteiger partial charge in [0.25, 0.3) is 0 Å². The zero-order chi connectivity index (χ0) is 27.8. The number of amides is 4. The Bertz CT molecular complexity index is 1460. The predicted octanol–water partition coefficient (Wildman–Crippen LogP) is 3.47. The van der Waals surface area contributed by atoms with Gasteiger partial charge in [-0.3, -0.25) is 9.55 Å². The summed E-state index contributed by atoms with van der Waals surface area (Å²) in [5, 5.41) is 6.07. The minimum atomic E-state index is -0.907. The summed E-state index contributed by atoms with van der Waals surface area (Å²) in [6, 6.07) is 7.09. The minimum Gasteiger partial charge on any atom is -0.335 e. The van der Waals surface area contributed by atoms with Crippen LogP contribution in [0.25, 0.3) is 11.2 Å². The monoisotopic (exact) mass is 553 g/mol. The van der Waals surface area contributed by atoms with Gasteiger partial charge in [0.1, 0.15) is 0 Å². The van der Waals surface area contributed by atoms with Gasteiger partial charge in [0.2, 0.25) is 0 Å². The maximum Gasteiger partial charge on any atom is 0.327 e. The number of halogens is 2. The summed E-state index contributed by atoms with van der Waals surface area (Å²) in [6.07, 6.45) is 5.76. The number of fused-ring (bicyclic) bond motifs is 1. The third kappa shape index (κ3) is 5.39. The number of piperidine rings is 1. The van der Waals surface area contributed by atoms with Crippen LogP contribution in [0.3, 0.4) is 0 Å². The average molecular weight is 554 g/mol. The highest BCUT2D eigenvalue weighted by Gasteiger charge is 2.34. The molecule has 1 saturated carbocycles. The topological polar surface area (TPSA) is 115 Å². The number of rotatable bonds is 4. The van der Waals surface area contributed by atoms with E-state index in [1.165, 1.54) is 6.07 Å². The van der Waals surface area contributed by atoms with Crippen LogP contribution in [0.2, 0.25) is 0 Å². The average Bonchev–Trinajstić information content (AvgIpc) is 3.73. The number of aromatic nitrogens is 3. The van der Waals surface area contributed by atoms with Crippen LogP contribution in [0.4, 0.5) is 18.4 Å². The number of benzene rings is 1. The molecule has 212 valence electrons. The molecule has 10 nitrogen and oxygen atoms in total. The third-order valence-corrected chi connectivity index (χ3v) is 8.29. The van der Waals surface area contributed by atoms with Crippen molar-refractivity contribution in [3.63, 3.8) is 0 Å². The van der Waals surface area contributed by atoms with Crippen LogP contribution in [0.1, 0.15) is 56.0 Å². The molecule has 2 saturated heterocycles. The Morgan fingerprint density at radius 3 is 2.38 bits per heavy atom. The van der Waals surface area contributed by atoms with E-state index in [4.69, 9.17) is 0 Å². The van der Waals surface area contributed by atoms with Gasteiger partial charge >= 0.3 is 17.8 Å². The van der Waals surface area contributed by atoms with E-state index in [-0.39, 0.29) is 60.4 Å². The molecule has 2 aliphatic heterocycles. The zero-order valence-corrected chi connectivity index (χ0v) is 22.1. The number of hydrogen-bond donors (Lipinski definition) is 3. The summed E-state index contributed by atoms with van der Waals surface area (Å²) in [5.41, 5.74) is 1.35. The number of urea groups is 2. The minimum absolute atomic E-state index is 0.0454. The molecular weight excluding hydrogens is 520 g/mol. The number of aromatic amines is 1. The van der Waals surface area contributed by atoms with E-state index < -0.39 is 11.6 Å². The number of nitrogens with one attached hydrogen (secondary N) is 3. The van der Waals surface area contributed by atoms with Crippen molar-refractivity contribution in [2.45, 2.75) is 62.6 Å². The van der Waals surface area contributed by atoms with Crippen molar-refractivity contribution in [1.82, 2.24) is 35.0 Å². The Hall–Kier alpha value is -3.96. The van der Waals surface area contributed by atoms with Gasteiger partial charge in [0.15, 0.2) is 17.3 Å². The Balaban J connectivity index is 1.11. The second-order valence-electron chi connectivity index (χ2n) is 11.1. The molecule has 3 aliphatic rings. The van der Waals surface area contributed by atoms with Gasteiger partial charge < -0.3 is 20.4 Å². The first-order valence-corrected chi connectivity index (χ1v) is 14.0. The van der Waals surface area contributed by atoms with Crippen molar-refractivity contribution in [3.05, 3.63) is 64.2 Å². The number of H-pyrrole nitrogens is 1. The number of imidazole rings is 1. The quantitative estimate of drug-likeness (QED) is 0.459. The molecule has 4 amide bonds. The molecule has 12 heteroatoms. The first kappa shape index (κ1) is 26.3. The lowest BCUT2D eigenvalue weighted by Gasteiger charge is -2.34. The predicted molar refractivity (Wildman–Crippen MR) is 144 cm³/mol. The van der Waals surface area contributed by atoms with Gasteiger partial charge in [0.05, 0.1) is 5.52 Å². The maximum absolute atomic E-state index is 14.7. The fourth-order valence-electron chi connectivity index (χ4n) is 5.97. The first-order chi connectivity index (χ1) is 19.4. The van der Waals surface area contributed by atoms with Gasteiger partial charge in [-0.05, 0) is 62.3 Å². The largest absolute Gasteiger partial charge is 0.335 e. The second-order valence-corrected chi connectivity index (χ2v) is 11.1. The molecule has 3 N–H and O–H groups in total. The number of hydrogen-bond acceptors (Lipinski definition) is 4. The van der Waals surface area contributed by atoms with Gasteiger partial charge in [-0.1, -0.05) is 12.1 Å². The highest BCUT2D eigenvalue weighted by molar-refractivity contribution is 5.76. The van der Waals surface area contributed by atoms with Crippen LogP contribution >= 0.6 is 0 Å². The van der Waals surface area contributed by atoms with E-state index in [9.17, 15) is 23.2 Å². The van der Waals surface area contributed by atoms with E-state index in [1.807, 2.05) is 6.07 Å². The molecule has 3 fully saturated rings. The van der Waals surface area contributed by atoms with Crippen LogP contribution < -0.4 is 16.3 Å². The Kier molecular flexibility index (Phi) is 7.16. The standard InChI is InChI=1S/C28H33F2N7O3/c29-22-4-1-3-21(24(22)30)17-6-7-19(16-36(15-17)27(39)32-18-8-9-18)33-26(38)35-13-10-20(11-14-35)37-23-5-2-12-31-25(23)34-28(37)40/h1-5,12,17-20H,6-11,13-16H2,(H,32,39)(H,33,38)(H,31,34,40)/t17-,19-/m1/s1. The van der Waals surface area contributed by atoms with Crippen molar-refractivity contribution >= 4 is 23.2 Å². The van der Waals surface area contributed by atoms with Crippen LogP contribution in [-0.4, -0.2) is 74.7 Å². The molecule has 2 atom stereocenters. The molecule has 6 rings (SSSR count). The van der Waals surface area contributed by atoms with Crippen LogP contribution in [-0.2, 0) is 0 Å². The van der Waals surface area contributed by atoms with Crippen LogP contribution in [0.15, 0.2) is 41.3 Å². The lowest BCUT2D eigenvalue weighted by molar-refractivity contribution is 0.163. The molecule has 0 spiro atoms. The molecular formula is C28H33F2N7O3. The Morgan fingerprint density at radius 2 is 1.60 bits per heavy atom. The molecule has 3 aromatic rings. The number of likely N-dealkylation sites (tertiary alicyclic amines) is 2. The molecule has 0 bridgehead atoms. The highest BCUT2D eigenvalue weighted by atomic mass is 19.2. The molecule has 0 unspecified atom stereocenters. The molecule has 40 heavy (non-hydrogen) atoms. The molecule has 4 heterocycles. The first-order valence-electron chi connectivity index (χ1n) is 14.0. The van der Waals surface area contributed by atoms with E-state index >= 15 is 0 Å². The number of pyridine rings is 1. The Morgan fingerprint density at radius 1 is 0.875 bits per heavy atom. The SMILES string of the molecule is O=C(NC1CC1)N1C[C@H](NC(=O)N2CCC(n3c(=O)[nH]c4ncccc43)CC2)CC[C@@H](c2cccc(F)c2F)C1. The Labute approximate surface area is 229 Å². The number of carbonyl (C=O) groups is 2. The van der Waals surface area contributed by atoms with E-state index in [2.05, 4.69) is 20.6 Å². The maximum atomic E-state index is 14.7. The van der Waals surface area contributed by atoms with Gasteiger partial charge in [-0.2, -0.15) is 0 Å². The number of carbonyl (C=O) groups excluding carboxylic acids is 2. The normalized spacial score (nSPS) is 22.2. The smallest absolute Gasteiger partial charge is 0.327 e. The zero-order valence-electron chi connectivity index (χ0n) is 22.1. The second kappa shape index (κ2) is 10.9. The fraction of sp³-hybridized carbons (Fsp3) is 0.500. The van der Waals surface area contributed by atoms with Crippen molar-refractivity contribution in [2.24, 2.45) is 0 Å². The molecule has 0 radical (unpaired) electrons. The van der Waals surface area contributed by atoms with E-state index in [1.54, 1.807) is 32.7 Å². The van der Waals surface area contributed by atoms with Gasteiger partial charge in [-0.15, -0.1) is 0 Å².